The van der Waals surface area contributed by atoms with Gasteiger partial charge in [-0.15, -0.1) is 0 Å². The van der Waals surface area contributed by atoms with Crippen molar-refractivity contribution >= 4 is 33.4 Å². The Morgan fingerprint density at radius 2 is 1.87 bits per heavy atom. The highest BCUT2D eigenvalue weighted by atomic mass is 35.5. The van der Waals surface area contributed by atoms with Crippen LogP contribution in [0.1, 0.15) is 24.0 Å². The van der Waals surface area contributed by atoms with E-state index in [0.29, 0.717) is 42.5 Å². The van der Waals surface area contributed by atoms with Crippen LogP contribution in [0, 0.1) is 0 Å². The highest BCUT2D eigenvalue weighted by molar-refractivity contribution is 7.89. The maximum Gasteiger partial charge on any atom is 0.414 e. The number of rotatable bonds is 3. The third-order valence-corrected chi connectivity index (χ3v) is 8.23. The first-order valence-electron chi connectivity index (χ1n) is 9.94. The summed E-state index contributed by atoms with van der Waals surface area (Å²) in [4.78, 5) is 14.4. The number of hydrogen-bond donors (Lipinski definition) is 0. The number of hydrogen-bond acceptors (Lipinski definition) is 5. The van der Waals surface area contributed by atoms with Gasteiger partial charge in [-0.1, -0.05) is 17.7 Å². The molecule has 0 unspecified atom stereocenters. The molecule has 3 aliphatic rings. The van der Waals surface area contributed by atoms with Gasteiger partial charge in [-0.25, -0.2) is 13.2 Å². The van der Waals surface area contributed by atoms with Crippen molar-refractivity contribution in [3.8, 4) is 5.75 Å². The first kappa shape index (κ1) is 19.7. The van der Waals surface area contributed by atoms with Crippen LogP contribution in [0.3, 0.4) is 0 Å². The maximum atomic E-state index is 13.1. The summed E-state index contributed by atoms with van der Waals surface area (Å²) >= 11 is 6.27. The van der Waals surface area contributed by atoms with E-state index in [2.05, 4.69) is 0 Å². The third-order valence-electron chi connectivity index (χ3n) is 5.98. The Morgan fingerprint density at radius 1 is 1.07 bits per heavy atom. The SMILES string of the molecule is O=C1OCc2c(Cl)cccc2N1C1CCN(S(=O)(=O)c2ccc3c(c2)CCO3)CC1. The molecule has 1 fully saturated rings. The lowest BCUT2D eigenvalue weighted by atomic mass is 10.0. The lowest BCUT2D eigenvalue weighted by molar-refractivity contribution is 0.136. The summed E-state index contributed by atoms with van der Waals surface area (Å²) in [6.07, 6.45) is 1.35. The van der Waals surface area contributed by atoms with Gasteiger partial charge in [0.15, 0.2) is 0 Å². The lowest BCUT2D eigenvalue weighted by Crippen LogP contribution is -2.50. The van der Waals surface area contributed by atoms with Crippen molar-refractivity contribution in [1.29, 1.82) is 0 Å². The molecule has 5 rings (SSSR count). The van der Waals surface area contributed by atoms with Gasteiger partial charge in [0, 0.05) is 36.1 Å². The van der Waals surface area contributed by atoms with Gasteiger partial charge in [-0.05, 0) is 48.7 Å². The molecule has 3 heterocycles. The molecule has 7 nitrogen and oxygen atoms in total. The van der Waals surface area contributed by atoms with E-state index in [-0.39, 0.29) is 12.6 Å². The van der Waals surface area contributed by atoms with Crippen LogP contribution in [0.15, 0.2) is 41.3 Å². The Morgan fingerprint density at radius 3 is 2.67 bits per heavy atom. The van der Waals surface area contributed by atoms with E-state index in [1.54, 1.807) is 29.2 Å². The highest BCUT2D eigenvalue weighted by Crippen LogP contribution is 2.36. The first-order valence-corrected chi connectivity index (χ1v) is 11.8. The van der Waals surface area contributed by atoms with E-state index in [9.17, 15) is 13.2 Å². The molecular weight excluding hydrogens is 428 g/mol. The fourth-order valence-corrected chi connectivity index (χ4v) is 6.12. The zero-order valence-electron chi connectivity index (χ0n) is 16.2. The Kier molecular flexibility index (Phi) is 4.88. The Labute approximate surface area is 180 Å². The lowest BCUT2D eigenvalue weighted by Gasteiger charge is -2.40. The second kappa shape index (κ2) is 7.44. The first-order chi connectivity index (χ1) is 14.4. The Hall–Kier alpha value is -2.29. The molecule has 2 aromatic rings. The summed E-state index contributed by atoms with van der Waals surface area (Å²) < 4.78 is 38.6. The average molecular weight is 449 g/mol. The highest BCUT2D eigenvalue weighted by Gasteiger charge is 2.37. The number of carbonyl (C=O) groups excluding carboxylic acids is 1. The Balaban J connectivity index is 1.34. The normalized spacial score (nSPS) is 19.8. The summed E-state index contributed by atoms with van der Waals surface area (Å²) in [5.41, 5.74) is 2.46. The van der Waals surface area contributed by atoms with Crippen LogP contribution in [0.4, 0.5) is 10.5 Å². The minimum atomic E-state index is -3.60. The van der Waals surface area contributed by atoms with Crippen LogP contribution < -0.4 is 9.64 Å². The van der Waals surface area contributed by atoms with Crippen molar-refractivity contribution in [2.24, 2.45) is 0 Å². The van der Waals surface area contributed by atoms with E-state index in [1.165, 1.54) is 4.31 Å². The summed E-state index contributed by atoms with van der Waals surface area (Å²) in [7, 11) is -3.60. The van der Waals surface area contributed by atoms with Gasteiger partial charge in [-0.2, -0.15) is 4.31 Å². The second-order valence-corrected chi connectivity index (χ2v) is 10.0. The predicted octanol–water partition coefficient (Wildman–Crippen LogP) is 3.58. The van der Waals surface area contributed by atoms with E-state index < -0.39 is 16.1 Å². The molecule has 0 aromatic heterocycles. The van der Waals surface area contributed by atoms with Gasteiger partial charge >= 0.3 is 6.09 Å². The molecule has 0 atom stereocenters. The molecule has 30 heavy (non-hydrogen) atoms. The zero-order valence-corrected chi connectivity index (χ0v) is 17.8. The van der Waals surface area contributed by atoms with Crippen molar-refractivity contribution in [1.82, 2.24) is 4.31 Å². The molecule has 1 amide bonds. The van der Waals surface area contributed by atoms with Crippen molar-refractivity contribution in [3.63, 3.8) is 0 Å². The molecular formula is C21H21ClN2O5S. The molecule has 0 spiro atoms. The van der Waals surface area contributed by atoms with E-state index in [1.807, 2.05) is 12.1 Å². The summed E-state index contributed by atoms with van der Waals surface area (Å²) in [6, 6.07) is 10.3. The smallest absolute Gasteiger partial charge is 0.414 e. The molecule has 158 valence electrons. The number of nitrogens with zero attached hydrogens (tertiary/aromatic N) is 2. The summed E-state index contributed by atoms with van der Waals surface area (Å²) in [5.74, 6) is 0.758. The van der Waals surface area contributed by atoms with Gasteiger partial charge in [-0.3, -0.25) is 4.90 Å². The summed E-state index contributed by atoms with van der Waals surface area (Å²) in [5, 5.41) is 0.561. The molecule has 9 heteroatoms. The summed E-state index contributed by atoms with van der Waals surface area (Å²) in [6.45, 7) is 1.40. The van der Waals surface area contributed by atoms with Gasteiger partial charge in [0.1, 0.15) is 12.4 Å². The van der Waals surface area contributed by atoms with Gasteiger partial charge in [0.2, 0.25) is 10.0 Å². The van der Waals surface area contributed by atoms with E-state index in [0.717, 1.165) is 29.0 Å². The molecule has 0 saturated carbocycles. The van der Waals surface area contributed by atoms with Gasteiger partial charge in [0.05, 0.1) is 17.2 Å². The van der Waals surface area contributed by atoms with Crippen LogP contribution in [-0.4, -0.2) is 44.6 Å². The van der Waals surface area contributed by atoms with Crippen molar-refractivity contribution in [3.05, 3.63) is 52.5 Å². The largest absolute Gasteiger partial charge is 0.493 e. The molecule has 0 radical (unpaired) electrons. The average Bonchev–Trinajstić information content (AvgIpc) is 3.22. The Bertz CT molecular complexity index is 1110. The zero-order chi connectivity index (χ0) is 20.9. The molecule has 1 saturated heterocycles. The number of fused-ring (bicyclic) bond motifs is 2. The van der Waals surface area contributed by atoms with Gasteiger partial charge in [0.25, 0.3) is 0 Å². The van der Waals surface area contributed by atoms with Crippen LogP contribution >= 0.6 is 11.6 Å². The number of ether oxygens (including phenoxy) is 2. The minimum absolute atomic E-state index is 0.144. The number of anilines is 1. The molecule has 3 aliphatic heterocycles. The van der Waals surface area contributed by atoms with Crippen molar-refractivity contribution in [2.75, 3.05) is 24.6 Å². The number of carbonyl (C=O) groups is 1. The third kappa shape index (κ3) is 3.23. The number of sulfonamides is 1. The fraction of sp³-hybridized carbons (Fsp3) is 0.381. The monoisotopic (exact) mass is 448 g/mol. The number of cyclic esters (lactones) is 1. The quantitative estimate of drug-likeness (QED) is 0.717. The van der Waals surface area contributed by atoms with Crippen molar-refractivity contribution < 1.29 is 22.7 Å². The molecule has 2 aromatic carbocycles. The minimum Gasteiger partial charge on any atom is -0.493 e. The van der Waals surface area contributed by atoms with E-state index >= 15 is 0 Å². The van der Waals surface area contributed by atoms with Crippen molar-refractivity contribution in [2.45, 2.75) is 36.8 Å². The fourth-order valence-electron chi connectivity index (χ4n) is 4.38. The van der Waals surface area contributed by atoms with Crippen LogP contribution in [0.5, 0.6) is 5.75 Å². The number of piperidine rings is 1. The topological polar surface area (TPSA) is 76.2 Å². The number of halogens is 1. The van der Waals surface area contributed by atoms with E-state index in [4.69, 9.17) is 21.1 Å². The molecule has 0 aliphatic carbocycles. The predicted molar refractivity (Wildman–Crippen MR) is 112 cm³/mol. The maximum absolute atomic E-state index is 13.1. The molecule has 0 bridgehead atoms. The molecule has 0 N–H and O–H groups in total. The second-order valence-electron chi connectivity index (χ2n) is 7.67. The number of benzene rings is 2. The van der Waals surface area contributed by atoms with Crippen LogP contribution in [-0.2, 0) is 27.8 Å². The number of amides is 1. The van der Waals surface area contributed by atoms with Crippen LogP contribution in [0.25, 0.3) is 0 Å². The van der Waals surface area contributed by atoms with Crippen LogP contribution in [0.2, 0.25) is 5.02 Å². The standard InChI is InChI=1S/C21H21ClN2O5S/c22-18-2-1-3-19-17(18)13-29-21(25)24(19)15-6-9-23(10-7-15)30(26,27)16-4-5-20-14(12-16)8-11-28-20/h1-5,12,15H,6-11,13H2. The van der Waals surface area contributed by atoms with Gasteiger partial charge < -0.3 is 9.47 Å².